The van der Waals surface area contributed by atoms with Gasteiger partial charge >= 0.3 is 0 Å². The van der Waals surface area contributed by atoms with E-state index >= 15 is 0 Å². The summed E-state index contributed by atoms with van der Waals surface area (Å²) in [7, 11) is 0. The highest BCUT2D eigenvalue weighted by Gasteiger charge is 2.13. The molecule has 0 radical (unpaired) electrons. The molecule has 0 spiro atoms. The third-order valence-corrected chi connectivity index (χ3v) is 4.97. The Balaban J connectivity index is 1.72. The average molecular weight is 382 g/mol. The molecule has 0 aliphatic rings. The minimum atomic E-state index is -0.210. The summed E-state index contributed by atoms with van der Waals surface area (Å²) in [5.74, 6) is 0.476. The molecule has 124 valence electrons. The monoisotopic (exact) mass is 381 g/mol. The van der Waals surface area contributed by atoms with Crippen molar-refractivity contribution in [1.29, 1.82) is 0 Å². The highest BCUT2D eigenvalue weighted by Crippen LogP contribution is 2.29. The highest BCUT2D eigenvalue weighted by atomic mass is 35.5. The van der Waals surface area contributed by atoms with E-state index in [1.165, 1.54) is 11.8 Å². The fraction of sp³-hybridized carbons (Fsp3) is 0.200. The number of carbonyl (C=O) groups is 1. The fourth-order valence-electron chi connectivity index (χ4n) is 2.21. The summed E-state index contributed by atoms with van der Waals surface area (Å²) in [6.45, 7) is 3.84. The van der Waals surface area contributed by atoms with Crippen LogP contribution in [0.15, 0.2) is 29.4 Å². The summed E-state index contributed by atoms with van der Waals surface area (Å²) in [4.78, 5) is 16.5. The Labute approximate surface area is 152 Å². The van der Waals surface area contributed by atoms with Crippen molar-refractivity contribution in [2.45, 2.75) is 19.0 Å². The van der Waals surface area contributed by atoms with E-state index in [0.717, 1.165) is 11.4 Å². The van der Waals surface area contributed by atoms with Gasteiger partial charge in [0.25, 0.3) is 5.78 Å². The topological polar surface area (TPSA) is 72.2 Å². The summed E-state index contributed by atoms with van der Waals surface area (Å²) in [5.41, 5.74) is 2.31. The van der Waals surface area contributed by atoms with Crippen molar-refractivity contribution >= 4 is 52.3 Å². The van der Waals surface area contributed by atoms with E-state index in [0.29, 0.717) is 26.7 Å². The number of hydrogen-bond donors (Lipinski definition) is 1. The summed E-state index contributed by atoms with van der Waals surface area (Å²) >= 11 is 13.3. The maximum atomic E-state index is 12.1. The average Bonchev–Trinajstić information content (AvgIpc) is 2.93. The number of benzene rings is 1. The van der Waals surface area contributed by atoms with Crippen LogP contribution in [0.5, 0.6) is 0 Å². The van der Waals surface area contributed by atoms with Crippen molar-refractivity contribution < 1.29 is 4.79 Å². The molecule has 24 heavy (non-hydrogen) atoms. The number of hydrogen-bond acceptors (Lipinski definition) is 5. The number of nitrogens with one attached hydrogen (secondary N) is 1. The fourth-order valence-corrected chi connectivity index (χ4v) is 3.34. The maximum absolute atomic E-state index is 12.1. The van der Waals surface area contributed by atoms with Crippen molar-refractivity contribution in [3.05, 3.63) is 45.7 Å². The Morgan fingerprint density at radius 2 is 2.08 bits per heavy atom. The molecule has 3 rings (SSSR count). The molecule has 0 unspecified atom stereocenters. The van der Waals surface area contributed by atoms with Gasteiger partial charge in [0.05, 0.1) is 21.5 Å². The van der Waals surface area contributed by atoms with Crippen molar-refractivity contribution in [1.82, 2.24) is 19.6 Å². The van der Waals surface area contributed by atoms with Crippen LogP contribution in [0, 0.1) is 13.8 Å². The van der Waals surface area contributed by atoms with Gasteiger partial charge in [-0.25, -0.2) is 4.98 Å². The standard InChI is InChI=1S/C15H13Cl2N5OS/c1-8-6-9(2)22-14(18-8)20-21-15(22)24-7-12(23)19-11-5-3-4-10(16)13(11)17/h3-6H,7H2,1-2H3,(H,19,23). The Morgan fingerprint density at radius 1 is 1.29 bits per heavy atom. The second-order valence-corrected chi connectivity index (χ2v) is 6.82. The van der Waals surface area contributed by atoms with Crippen molar-refractivity contribution in [3.8, 4) is 0 Å². The van der Waals surface area contributed by atoms with Gasteiger partial charge in [-0.05, 0) is 32.0 Å². The Kier molecular flexibility index (Phi) is 4.93. The molecule has 3 aromatic rings. The van der Waals surface area contributed by atoms with E-state index in [9.17, 15) is 4.79 Å². The van der Waals surface area contributed by atoms with Crippen LogP contribution >= 0.6 is 35.0 Å². The first kappa shape index (κ1) is 17.0. The molecule has 0 atom stereocenters. The zero-order valence-electron chi connectivity index (χ0n) is 12.9. The maximum Gasteiger partial charge on any atom is 0.256 e. The van der Waals surface area contributed by atoms with Crippen LogP contribution < -0.4 is 5.32 Å². The van der Waals surface area contributed by atoms with Gasteiger partial charge in [0, 0.05) is 11.4 Å². The first-order valence-electron chi connectivity index (χ1n) is 7.02. The molecule has 1 amide bonds. The van der Waals surface area contributed by atoms with Crippen LogP contribution in [0.1, 0.15) is 11.4 Å². The highest BCUT2D eigenvalue weighted by molar-refractivity contribution is 7.99. The van der Waals surface area contributed by atoms with E-state index in [2.05, 4.69) is 20.5 Å². The SMILES string of the molecule is Cc1cc(C)n2c(SCC(=O)Nc3cccc(Cl)c3Cl)nnc2n1. The minimum Gasteiger partial charge on any atom is -0.324 e. The normalized spacial score (nSPS) is 11.0. The van der Waals surface area contributed by atoms with Gasteiger partial charge in [0.2, 0.25) is 5.91 Å². The first-order chi connectivity index (χ1) is 11.5. The first-order valence-corrected chi connectivity index (χ1v) is 8.76. The van der Waals surface area contributed by atoms with Crippen LogP contribution in [0.25, 0.3) is 5.78 Å². The van der Waals surface area contributed by atoms with E-state index in [-0.39, 0.29) is 11.7 Å². The molecule has 1 aromatic carbocycles. The number of rotatable bonds is 4. The number of carbonyl (C=O) groups excluding carboxylic acids is 1. The van der Waals surface area contributed by atoms with Crippen molar-refractivity contribution in [2.75, 3.05) is 11.1 Å². The molecule has 9 heteroatoms. The van der Waals surface area contributed by atoms with Crippen molar-refractivity contribution in [3.63, 3.8) is 0 Å². The number of amides is 1. The van der Waals surface area contributed by atoms with E-state index < -0.39 is 0 Å². The Bertz CT molecular complexity index is 928. The second kappa shape index (κ2) is 6.96. The lowest BCUT2D eigenvalue weighted by Gasteiger charge is -2.08. The van der Waals surface area contributed by atoms with Gasteiger partial charge in [-0.3, -0.25) is 9.20 Å². The molecule has 0 aliphatic carbocycles. The smallest absolute Gasteiger partial charge is 0.256 e. The zero-order chi connectivity index (χ0) is 17.3. The summed E-state index contributed by atoms with van der Waals surface area (Å²) in [6.07, 6.45) is 0. The number of aryl methyl sites for hydroxylation is 2. The van der Waals surface area contributed by atoms with Crippen LogP contribution in [0.2, 0.25) is 10.0 Å². The molecule has 6 nitrogen and oxygen atoms in total. The molecule has 2 heterocycles. The van der Waals surface area contributed by atoms with Crippen LogP contribution in [0.3, 0.4) is 0 Å². The van der Waals surface area contributed by atoms with Crippen LogP contribution in [0.4, 0.5) is 5.69 Å². The molecular formula is C15H13Cl2N5OS. The predicted octanol–water partition coefficient (Wildman–Crippen LogP) is 3.78. The second-order valence-electron chi connectivity index (χ2n) is 5.10. The van der Waals surface area contributed by atoms with Crippen molar-refractivity contribution in [2.24, 2.45) is 0 Å². The quantitative estimate of drug-likeness (QED) is 0.696. The third-order valence-electron chi connectivity index (χ3n) is 3.22. The lowest BCUT2D eigenvalue weighted by molar-refractivity contribution is -0.113. The van der Waals surface area contributed by atoms with Gasteiger partial charge in [-0.2, -0.15) is 0 Å². The summed E-state index contributed by atoms with van der Waals surface area (Å²) < 4.78 is 1.82. The molecule has 0 saturated carbocycles. The lowest BCUT2D eigenvalue weighted by atomic mass is 10.3. The predicted molar refractivity (Wildman–Crippen MR) is 96.1 cm³/mol. The largest absolute Gasteiger partial charge is 0.324 e. The van der Waals surface area contributed by atoms with E-state index in [4.69, 9.17) is 23.2 Å². The Morgan fingerprint density at radius 3 is 2.88 bits per heavy atom. The molecule has 0 bridgehead atoms. The number of halogens is 2. The third kappa shape index (κ3) is 3.48. The number of anilines is 1. The number of fused-ring (bicyclic) bond motifs is 1. The molecule has 0 saturated heterocycles. The van der Waals surface area contributed by atoms with Gasteiger partial charge < -0.3 is 5.32 Å². The zero-order valence-corrected chi connectivity index (χ0v) is 15.2. The minimum absolute atomic E-state index is 0.164. The number of aromatic nitrogens is 4. The van der Waals surface area contributed by atoms with Crippen LogP contribution in [-0.2, 0) is 4.79 Å². The van der Waals surface area contributed by atoms with E-state index in [1.54, 1.807) is 18.2 Å². The molecule has 1 N–H and O–H groups in total. The van der Waals surface area contributed by atoms with Gasteiger partial charge in [-0.1, -0.05) is 41.0 Å². The van der Waals surface area contributed by atoms with Crippen LogP contribution in [-0.4, -0.2) is 31.2 Å². The number of thioether (sulfide) groups is 1. The molecular weight excluding hydrogens is 369 g/mol. The van der Waals surface area contributed by atoms with Gasteiger partial charge in [0.15, 0.2) is 5.16 Å². The van der Waals surface area contributed by atoms with Gasteiger partial charge in [-0.15, -0.1) is 10.2 Å². The lowest BCUT2D eigenvalue weighted by Crippen LogP contribution is -2.14. The molecule has 2 aromatic heterocycles. The summed E-state index contributed by atoms with van der Waals surface area (Å²) in [6, 6.07) is 7.01. The van der Waals surface area contributed by atoms with E-state index in [1.807, 2.05) is 24.3 Å². The molecule has 0 aliphatic heterocycles. The number of nitrogens with zero attached hydrogens (tertiary/aromatic N) is 4. The molecule has 0 fully saturated rings. The Hall–Kier alpha value is -1.83. The van der Waals surface area contributed by atoms with Gasteiger partial charge in [0.1, 0.15) is 0 Å². The summed E-state index contributed by atoms with van der Waals surface area (Å²) in [5, 5.41) is 12.2.